The molecule has 0 bridgehead atoms. The van der Waals surface area contributed by atoms with Crippen LogP contribution in [-0.4, -0.2) is 9.97 Å². The minimum Gasteiger partial charge on any atom is -0.484 e. The largest absolute Gasteiger partial charge is 4.00 e. The van der Waals surface area contributed by atoms with Gasteiger partial charge in [-0.1, -0.05) is 13.8 Å². The van der Waals surface area contributed by atoms with E-state index in [1.807, 2.05) is 50.5 Å². The Labute approximate surface area is 119 Å². The molecule has 0 atom stereocenters. The maximum atomic E-state index is 3.49. The van der Waals surface area contributed by atoms with Crippen molar-refractivity contribution < 1.29 is 19.5 Å². The predicted octanol–water partition coefficient (Wildman–Crippen LogP) is 4.09. The van der Waals surface area contributed by atoms with Gasteiger partial charge in [-0.25, -0.2) is 0 Å². The number of aromatic nitrogens is 2. The molecular formula is C14H22N2Ru. The Balaban J connectivity index is -0.000000157. The van der Waals surface area contributed by atoms with Crippen molar-refractivity contribution in [2.45, 2.75) is 26.7 Å². The summed E-state index contributed by atoms with van der Waals surface area (Å²) in [5, 5.41) is 0. The zero-order valence-corrected chi connectivity index (χ0v) is 12.4. The second kappa shape index (κ2) is 24.4. The second-order valence-electron chi connectivity index (χ2n) is 2.63. The summed E-state index contributed by atoms with van der Waals surface area (Å²) in [5.74, 6) is 0. The third kappa shape index (κ3) is 31.3. The van der Waals surface area contributed by atoms with Gasteiger partial charge in [0.15, 0.2) is 0 Å². The average Bonchev–Trinajstić information content (AvgIpc) is 3.00. The van der Waals surface area contributed by atoms with E-state index in [4.69, 9.17) is 0 Å². The van der Waals surface area contributed by atoms with E-state index in [9.17, 15) is 0 Å². The molecule has 3 heteroatoms. The quantitative estimate of drug-likeness (QED) is 0.541. The maximum absolute atomic E-state index is 3.49. The van der Waals surface area contributed by atoms with E-state index in [2.05, 4.69) is 36.2 Å². The zero-order valence-electron chi connectivity index (χ0n) is 10.6. The Bertz CT molecular complexity index is 176. The molecule has 0 saturated carbocycles. The summed E-state index contributed by atoms with van der Waals surface area (Å²) in [7, 11) is 0. The Hall–Kier alpha value is -0.817. The van der Waals surface area contributed by atoms with E-state index in [0.717, 1.165) is 12.8 Å². The number of H-pyrrole nitrogens is 2. The van der Waals surface area contributed by atoms with E-state index < -0.39 is 0 Å². The first kappa shape index (κ1) is 21.5. The zero-order chi connectivity index (χ0) is 12.5. The van der Waals surface area contributed by atoms with E-state index in [1.54, 1.807) is 0 Å². The van der Waals surface area contributed by atoms with Crippen LogP contribution in [0.15, 0.2) is 36.7 Å². The van der Waals surface area contributed by atoms with Crippen molar-refractivity contribution in [1.29, 1.82) is 0 Å². The number of nitrogens with one attached hydrogen (secondary N) is 2. The Kier molecular flexibility index (Phi) is 30.8. The molecule has 2 N–H and O–H groups in total. The molecule has 96 valence electrons. The minimum atomic E-state index is 0. The van der Waals surface area contributed by atoms with Crippen LogP contribution in [0.25, 0.3) is 0 Å². The van der Waals surface area contributed by atoms with Crippen molar-refractivity contribution in [1.82, 2.24) is 9.97 Å². The summed E-state index contributed by atoms with van der Waals surface area (Å²) in [5.41, 5.74) is 0. The summed E-state index contributed by atoms with van der Waals surface area (Å²) in [6.45, 7) is 11.0. The maximum Gasteiger partial charge on any atom is 4.00 e. The number of hydrogen-bond acceptors (Lipinski definition) is 0. The number of hydrogen-bond donors (Lipinski definition) is 2. The van der Waals surface area contributed by atoms with E-state index in [0.29, 0.717) is 0 Å². The molecule has 0 fully saturated rings. The standard InChI is InChI=1S/2C4H4N.2C3H7.Ru/c2*1-2-4-5-3-1;2*1-3-2;/h2*1-3,5H;2*1,3H2,2H3;/q4*-1;+4. The van der Waals surface area contributed by atoms with Crippen LogP contribution < -0.4 is 0 Å². The first-order valence-electron chi connectivity index (χ1n) is 5.40. The molecule has 17 heavy (non-hydrogen) atoms. The molecule has 2 heterocycles. The van der Waals surface area contributed by atoms with Crippen LogP contribution in [0.1, 0.15) is 26.7 Å². The predicted molar refractivity (Wildman–Crippen MR) is 70.6 cm³/mol. The van der Waals surface area contributed by atoms with Gasteiger partial charge in [0.05, 0.1) is 0 Å². The SMILES string of the molecule is [CH2-]CC.[CH2-]CC.[Ru+4].[c-]1ccc[nH]1.[c-]1ccc[nH]1. The smallest absolute Gasteiger partial charge is 0.484 e. The van der Waals surface area contributed by atoms with Crippen molar-refractivity contribution in [3.63, 3.8) is 0 Å². The average molecular weight is 319 g/mol. The molecule has 2 aromatic heterocycles. The topological polar surface area (TPSA) is 31.6 Å². The molecule has 0 aliphatic heterocycles. The van der Waals surface area contributed by atoms with Crippen molar-refractivity contribution in [3.8, 4) is 0 Å². The molecule has 0 aliphatic rings. The molecule has 2 aromatic rings. The molecule has 0 saturated heterocycles. The third-order valence-corrected chi connectivity index (χ3v) is 0.885. The van der Waals surface area contributed by atoms with E-state index in [-0.39, 0.29) is 19.5 Å². The molecule has 0 aromatic carbocycles. The Morgan fingerprint density at radius 2 is 1.18 bits per heavy atom. The molecule has 2 rings (SSSR count). The van der Waals surface area contributed by atoms with Crippen molar-refractivity contribution in [3.05, 3.63) is 62.9 Å². The summed E-state index contributed by atoms with van der Waals surface area (Å²) in [6, 6.07) is 7.42. The molecule has 0 aliphatic carbocycles. The summed E-state index contributed by atoms with van der Waals surface area (Å²) < 4.78 is 0. The number of rotatable bonds is 0. The first-order chi connectivity index (χ1) is 7.83. The van der Waals surface area contributed by atoms with Gasteiger partial charge in [0.2, 0.25) is 0 Å². The minimum absolute atomic E-state index is 0. The van der Waals surface area contributed by atoms with Gasteiger partial charge in [-0.05, 0) is 0 Å². The van der Waals surface area contributed by atoms with Gasteiger partial charge in [-0.3, -0.25) is 0 Å². The van der Waals surface area contributed by atoms with Crippen LogP contribution >= 0.6 is 0 Å². The Morgan fingerprint density at radius 3 is 1.24 bits per heavy atom. The van der Waals surface area contributed by atoms with Crippen molar-refractivity contribution in [2.75, 3.05) is 0 Å². The molecule has 0 radical (unpaired) electrons. The summed E-state index contributed by atoms with van der Waals surface area (Å²) in [4.78, 5) is 5.47. The summed E-state index contributed by atoms with van der Waals surface area (Å²) in [6.07, 6.45) is 11.1. The molecule has 0 amide bonds. The fourth-order valence-electron chi connectivity index (χ4n) is 0.481. The second-order valence-corrected chi connectivity index (χ2v) is 2.63. The molecule has 2 nitrogen and oxygen atoms in total. The van der Waals surface area contributed by atoms with Gasteiger partial charge in [-0.2, -0.15) is 49.5 Å². The number of aromatic amines is 2. The van der Waals surface area contributed by atoms with Crippen LogP contribution in [0.5, 0.6) is 0 Å². The summed E-state index contributed by atoms with van der Waals surface area (Å²) >= 11 is 0. The van der Waals surface area contributed by atoms with Gasteiger partial charge in [0.25, 0.3) is 0 Å². The van der Waals surface area contributed by atoms with E-state index in [1.165, 1.54) is 0 Å². The fourth-order valence-corrected chi connectivity index (χ4v) is 0.481. The molecule has 0 unspecified atom stereocenters. The van der Waals surface area contributed by atoms with E-state index >= 15 is 0 Å². The van der Waals surface area contributed by atoms with Gasteiger partial charge < -0.3 is 23.8 Å². The van der Waals surface area contributed by atoms with Crippen molar-refractivity contribution in [2.24, 2.45) is 0 Å². The van der Waals surface area contributed by atoms with Crippen LogP contribution in [0.3, 0.4) is 0 Å². The molecular weight excluding hydrogens is 297 g/mol. The van der Waals surface area contributed by atoms with Crippen molar-refractivity contribution >= 4 is 0 Å². The van der Waals surface area contributed by atoms with Gasteiger partial charge in [0, 0.05) is 0 Å². The normalized spacial score (nSPS) is 6.82. The van der Waals surface area contributed by atoms with Gasteiger partial charge >= 0.3 is 19.5 Å². The van der Waals surface area contributed by atoms with Gasteiger partial charge in [0.1, 0.15) is 0 Å². The fraction of sp³-hybridized carbons (Fsp3) is 0.286. The molecule has 0 spiro atoms. The Morgan fingerprint density at radius 1 is 0.882 bits per heavy atom. The third-order valence-electron chi connectivity index (χ3n) is 0.885. The van der Waals surface area contributed by atoms with Crippen LogP contribution in [-0.2, 0) is 19.5 Å². The van der Waals surface area contributed by atoms with Gasteiger partial charge in [-0.15, -0.1) is 12.4 Å². The van der Waals surface area contributed by atoms with Crippen LogP contribution in [0.4, 0.5) is 0 Å². The first-order valence-corrected chi connectivity index (χ1v) is 5.40. The van der Waals surface area contributed by atoms with Crippen LogP contribution in [0.2, 0.25) is 0 Å². The monoisotopic (exact) mass is 320 g/mol. The van der Waals surface area contributed by atoms with Crippen LogP contribution in [0, 0.1) is 26.2 Å².